The number of hydrogen-bond acceptors (Lipinski definition) is 1. The summed E-state index contributed by atoms with van der Waals surface area (Å²) in [6.45, 7) is 0. The number of para-hydroxylation sites is 2. The van der Waals surface area contributed by atoms with Crippen molar-refractivity contribution in [3.8, 4) is 5.69 Å². The van der Waals surface area contributed by atoms with E-state index < -0.39 is 0 Å². The van der Waals surface area contributed by atoms with Crippen molar-refractivity contribution in [3.05, 3.63) is 65.1 Å². The highest BCUT2D eigenvalue weighted by molar-refractivity contribution is 9.10. The van der Waals surface area contributed by atoms with Crippen LogP contribution < -0.4 is 21.9 Å². The molecule has 0 spiro atoms. The summed E-state index contributed by atoms with van der Waals surface area (Å²) >= 11 is 3.40. The van der Waals surface area contributed by atoms with Crippen LogP contribution in [-0.4, -0.2) is 36.0 Å². The van der Waals surface area contributed by atoms with Gasteiger partial charge < -0.3 is 8.98 Å². The van der Waals surface area contributed by atoms with Gasteiger partial charge in [0.2, 0.25) is 0 Å². The summed E-state index contributed by atoms with van der Waals surface area (Å²) in [6.07, 6.45) is 0. The molecule has 2 aromatic heterocycles. The fraction of sp³-hybridized carbons (Fsp3) is 0. The molecular formula is C24H10B4BrNO. The Morgan fingerprint density at radius 3 is 2.00 bits per heavy atom. The minimum absolute atomic E-state index is 0.351. The van der Waals surface area contributed by atoms with Crippen molar-refractivity contribution in [1.82, 2.24) is 4.57 Å². The average Bonchev–Trinajstić information content (AvgIpc) is 3.33. The fourth-order valence-electron chi connectivity index (χ4n) is 4.49. The summed E-state index contributed by atoms with van der Waals surface area (Å²) in [7, 11) is 25.6. The largest absolute Gasteiger partial charge is 0.454 e. The molecule has 136 valence electrons. The Kier molecular flexibility index (Phi) is 4.04. The molecule has 2 heterocycles. The van der Waals surface area contributed by atoms with E-state index in [1.807, 2.05) is 41.0 Å². The zero-order chi connectivity index (χ0) is 21.4. The topological polar surface area (TPSA) is 18.1 Å². The van der Waals surface area contributed by atoms with E-state index in [0.29, 0.717) is 32.0 Å². The smallest absolute Gasteiger partial charge is 0.160 e. The summed E-state index contributed by atoms with van der Waals surface area (Å²) in [5.74, 6) is 0. The molecule has 0 unspecified atom stereocenters. The summed E-state index contributed by atoms with van der Waals surface area (Å²) in [5, 5.41) is 4.15. The minimum atomic E-state index is 0.351. The maximum absolute atomic E-state index is 6.50. The van der Waals surface area contributed by atoms with Gasteiger partial charge in [-0.25, -0.2) is 0 Å². The van der Waals surface area contributed by atoms with Crippen LogP contribution in [0.5, 0.6) is 0 Å². The maximum Gasteiger partial charge on any atom is 0.160 e. The van der Waals surface area contributed by atoms with Crippen LogP contribution in [0.2, 0.25) is 0 Å². The Hall–Kier alpha value is -2.78. The van der Waals surface area contributed by atoms with Crippen LogP contribution in [0, 0.1) is 0 Å². The Bertz CT molecular complexity index is 1670. The van der Waals surface area contributed by atoms with Crippen molar-refractivity contribution in [2.24, 2.45) is 0 Å². The number of furan rings is 1. The van der Waals surface area contributed by atoms with Gasteiger partial charge in [0.25, 0.3) is 0 Å². The van der Waals surface area contributed by atoms with E-state index >= 15 is 0 Å². The molecule has 0 bridgehead atoms. The lowest BCUT2D eigenvalue weighted by molar-refractivity contribution is 0.671. The fourth-order valence-corrected chi connectivity index (χ4v) is 4.91. The number of benzene rings is 4. The molecular weight excluding hydrogens is 441 g/mol. The molecule has 0 saturated heterocycles. The first kappa shape index (κ1) is 18.9. The molecule has 0 fully saturated rings. The zero-order valence-corrected chi connectivity index (χ0v) is 17.9. The van der Waals surface area contributed by atoms with Gasteiger partial charge in [-0.15, -0.1) is 0 Å². The van der Waals surface area contributed by atoms with E-state index in [4.69, 9.17) is 35.8 Å². The standard InChI is InChI=1S/C24H10B4BrNO/c25-17-19(27)23(20(28)18(26)21(17)29)30-15-7-3-1-5-11(15)13-9-10-14-12-6-2-4-8-16(12)31-24(14)22(13)30/h1-10H. The van der Waals surface area contributed by atoms with Gasteiger partial charge in [0.1, 0.15) is 37.0 Å². The van der Waals surface area contributed by atoms with Gasteiger partial charge in [-0.3, -0.25) is 0 Å². The van der Waals surface area contributed by atoms with Gasteiger partial charge in [0.15, 0.2) is 5.58 Å². The van der Waals surface area contributed by atoms with E-state index in [1.54, 1.807) is 0 Å². The quantitative estimate of drug-likeness (QED) is 0.352. The first-order valence-corrected chi connectivity index (χ1v) is 10.5. The van der Waals surface area contributed by atoms with Crippen LogP contribution in [0.15, 0.2) is 69.6 Å². The van der Waals surface area contributed by atoms with Crippen molar-refractivity contribution in [1.29, 1.82) is 0 Å². The van der Waals surface area contributed by atoms with Crippen LogP contribution in [0.3, 0.4) is 0 Å². The van der Waals surface area contributed by atoms with Gasteiger partial charge in [0.05, 0.1) is 11.0 Å². The molecule has 8 radical (unpaired) electrons. The normalized spacial score (nSPS) is 11.9. The molecule has 0 aliphatic heterocycles. The molecule has 0 N–H and O–H groups in total. The number of nitrogens with zero attached hydrogens (tertiary/aromatic N) is 1. The number of halogens is 1. The van der Waals surface area contributed by atoms with Crippen LogP contribution in [0.1, 0.15) is 0 Å². The van der Waals surface area contributed by atoms with Gasteiger partial charge in [0, 0.05) is 31.7 Å². The SMILES string of the molecule is [B]c1c([B])c(-n2c3ccccc3c3ccc4c5ccccc5oc4c32)c([B])c([B])c1Br. The number of hydrogen-bond donors (Lipinski definition) is 0. The van der Waals surface area contributed by atoms with Gasteiger partial charge in [-0.2, -0.15) is 0 Å². The Balaban J connectivity index is 1.92. The highest BCUT2D eigenvalue weighted by Gasteiger charge is 2.21. The number of aromatic nitrogens is 1. The summed E-state index contributed by atoms with van der Waals surface area (Å²) in [5.41, 5.74) is 5.35. The Labute approximate surface area is 192 Å². The van der Waals surface area contributed by atoms with E-state index in [1.165, 1.54) is 0 Å². The average molecular weight is 452 g/mol. The Morgan fingerprint density at radius 1 is 0.645 bits per heavy atom. The summed E-state index contributed by atoms with van der Waals surface area (Å²) in [6, 6.07) is 20.3. The lowest BCUT2D eigenvalue weighted by Crippen LogP contribution is -2.45. The molecule has 7 heteroatoms. The lowest BCUT2D eigenvalue weighted by atomic mass is 9.69. The third-order valence-electron chi connectivity index (χ3n) is 5.97. The van der Waals surface area contributed by atoms with E-state index in [9.17, 15) is 0 Å². The third-order valence-corrected chi connectivity index (χ3v) is 6.82. The minimum Gasteiger partial charge on any atom is -0.454 e. The predicted octanol–water partition coefficient (Wildman–Crippen LogP) is 2.62. The molecule has 0 saturated carbocycles. The molecule has 0 atom stereocenters. The lowest BCUT2D eigenvalue weighted by Gasteiger charge is -2.22. The number of rotatable bonds is 1. The highest BCUT2D eigenvalue weighted by Crippen LogP contribution is 2.39. The molecule has 4 aromatic carbocycles. The predicted molar refractivity (Wildman–Crippen MR) is 137 cm³/mol. The zero-order valence-electron chi connectivity index (χ0n) is 16.3. The molecule has 0 aliphatic rings. The maximum atomic E-state index is 6.50. The van der Waals surface area contributed by atoms with Gasteiger partial charge in [-0.05, 0) is 18.2 Å². The van der Waals surface area contributed by atoms with Crippen molar-refractivity contribution in [2.45, 2.75) is 0 Å². The second-order valence-electron chi connectivity index (χ2n) is 7.61. The highest BCUT2D eigenvalue weighted by atomic mass is 79.9. The first-order valence-electron chi connectivity index (χ1n) is 9.74. The number of fused-ring (bicyclic) bond motifs is 7. The van der Waals surface area contributed by atoms with Crippen LogP contribution in [0.25, 0.3) is 49.4 Å². The molecule has 6 aromatic rings. The van der Waals surface area contributed by atoms with Gasteiger partial charge >= 0.3 is 0 Å². The van der Waals surface area contributed by atoms with E-state index in [0.717, 1.165) is 43.7 Å². The first-order chi connectivity index (χ1) is 15.0. The van der Waals surface area contributed by atoms with Gasteiger partial charge in [-0.1, -0.05) is 80.2 Å². The summed E-state index contributed by atoms with van der Waals surface area (Å²) in [4.78, 5) is 0. The Morgan fingerprint density at radius 2 is 1.26 bits per heavy atom. The van der Waals surface area contributed by atoms with E-state index in [-0.39, 0.29) is 0 Å². The van der Waals surface area contributed by atoms with Crippen molar-refractivity contribution in [2.75, 3.05) is 0 Å². The monoisotopic (exact) mass is 451 g/mol. The van der Waals surface area contributed by atoms with Crippen molar-refractivity contribution < 1.29 is 4.42 Å². The molecule has 0 aliphatic carbocycles. The third kappa shape index (κ3) is 2.44. The second-order valence-corrected chi connectivity index (χ2v) is 8.40. The molecule has 2 nitrogen and oxygen atoms in total. The summed E-state index contributed by atoms with van der Waals surface area (Å²) < 4.78 is 8.86. The van der Waals surface area contributed by atoms with Crippen molar-refractivity contribution in [3.63, 3.8) is 0 Å². The molecule has 0 amide bonds. The van der Waals surface area contributed by atoms with Crippen LogP contribution >= 0.6 is 15.9 Å². The van der Waals surface area contributed by atoms with E-state index in [2.05, 4.69) is 40.2 Å². The van der Waals surface area contributed by atoms with Crippen LogP contribution in [0.4, 0.5) is 0 Å². The molecule has 31 heavy (non-hydrogen) atoms. The molecule has 6 rings (SSSR count). The van der Waals surface area contributed by atoms with Crippen LogP contribution in [-0.2, 0) is 0 Å². The second kappa shape index (κ2) is 6.61. The van der Waals surface area contributed by atoms with Crippen molar-refractivity contribution >= 4 is 113 Å².